The first-order valence-electron chi connectivity index (χ1n) is 4.95. The van der Waals surface area contributed by atoms with E-state index in [1.165, 1.54) is 19.3 Å². The number of nitrogens with one attached hydrogen (secondary N) is 1. The van der Waals surface area contributed by atoms with Crippen LogP contribution in [0, 0.1) is 5.92 Å². The predicted molar refractivity (Wildman–Crippen MR) is 51.3 cm³/mol. The van der Waals surface area contributed by atoms with Gasteiger partial charge in [-0.05, 0) is 25.3 Å². The Balaban J connectivity index is 2.56. The van der Waals surface area contributed by atoms with E-state index in [1.54, 1.807) is 7.11 Å². The Morgan fingerprint density at radius 3 is 2.58 bits per heavy atom. The number of rotatable bonds is 3. The minimum atomic E-state index is 0.257. The minimum absolute atomic E-state index is 0.257. The third kappa shape index (κ3) is 1.99. The molecule has 0 aliphatic carbocycles. The van der Waals surface area contributed by atoms with E-state index in [4.69, 9.17) is 4.74 Å². The van der Waals surface area contributed by atoms with Gasteiger partial charge in [0.2, 0.25) is 0 Å². The van der Waals surface area contributed by atoms with Crippen molar-refractivity contribution in [3.63, 3.8) is 0 Å². The normalized spacial score (nSPS) is 31.0. The molecule has 0 bridgehead atoms. The molecule has 1 heterocycles. The van der Waals surface area contributed by atoms with Crippen molar-refractivity contribution >= 4 is 0 Å². The second-order valence-electron chi connectivity index (χ2n) is 4.13. The Morgan fingerprint density at radius 2 is 2.17 bits per heavy atom. The molecule has 12 heavy (non-hydrogen) atoms. The van der Waals surface area contributed by atoms with Crippen molar-refractivity contribution in [2.24, 2.45) is 5.92 Å². The topological polar surface area (TPSA) is 21.3 Å². The largest absolute Gasteiger partial charge is 0.383 e. The standard InChI is InChI=1S/C10H21NO/c1-9(2)10(8-12-3)6-4-5-7-11-10/h9,11H,4-8H2,1-3H3. The summed E-state index contributed by atoms with van der Waals surface area (Å²) in [6.07, 6.45) is 3.92. The van der Waals surface area contributed by atoms with Crippen LogP contribution in [0.3, 0.4) is 0 Å². The predicted octanol–water partition coefficient (Wildman–Crippen LogP) is 1.80. The Kier molecular flexibility index (Phi) is 3.53. The van der Waals surface area contributed by atoms with Gasteiger partial charge < -0.3 is 10.1 Å². The highest BCUT2D eigenvalue weighted by molar-refractivity contribution is 4.93. The molecule has 0 amide bonds. The molecule has 1 aliphatic rings. The van der Waals surface area contributed by atoms with Crippen LogP contribution in [0.2, 0.25) is 0 Å². The number of ether oxygens (including phenoxy) is 1. The van der Waals surface area contributed by atoms with Gasteiger partial charge in [-0.3, -0.25) is 0 Å². The lowest BCUT2D eigenvalue weighted by Gasteiger charge is -2.41. The highest BCUT2D eigenvalue weighted by Gasteiger charge is 2.34. The molecule has 1 atom stereocenters. The number of hydrogen-bond donors (Lipinski definition) is 1. The lowest BCUT2D eigenvalue weighted by atomic mass is 9.80. The first-order chi connectivity index (χ1) is 5.71. The van der Waals surface area contributed by atoms with Gasteiger partial charge >= 0.3 is 0 Å². The van der Waals surface area contributed by atoms with Gasteiger partial charge in [0.05, 0.1) is 6.61 Å². The molecule has 0 saturated carbocycles. The molecule has 2 heteroatoms. The van der Waals surface area contributed by atoms with E-state index in [1.807, 2.05) is 0 Å². The van der Waals surface area contributed by atoms with Crippen LogP contribution in [0.25, 0.3) is 0 Å². The Hall–Kier alpha value is -0.0800. The smallest absolute Gasteiger partial charge is 0.0647 e. The maximum absolute atomic E-state index is 5.28. The fraction of sp³-hybridized carbons (Fsp3) is 1.00. The maximum atomic E-state index is 5.28. The van der Waals surface area contributed by atoms with Crippen molar-refractivity contribution in [2.75, 3.05) is 20.3 Å². The van der Waals surface area contributed by atoms with Crippen LogP contribution in [0.1, 0.15) is 33.1 Å². The summed E-state index contributed by atoms with van der Waals surface area (Å²) in [6.45, 7) is 6.56. The quantitative estimate of drug-likeness (QED) is 0.699. The Morgan fingerprint density at radius 1 is 1.42 bits per heavy atom. The zero-order chi connectivity index (χ0) is 9.03. The van der Waals surface area contributed by atoms with E-state index in [0.717, 1.165) is 13.2 Å². The van der Waals surface area contributed by atoms with Crippen molar-refractivity contribution in [1.82, 2.24) is 5.32 Å². The van der Waals surface area contributed by atoms with Crippen molar-refractivity contribution < 1.29 is 4.74 Å². The summed E-state index contributed by atoms with van der Waals surface area (Å²) in [5.74, 6) is 0.665. The molecule has 72 valence electrons. The van der Waals surface area contributed by atoms with Gasteiger partial charge in [-0.25, -0.2) is 0 Å². The zero-order valence-electron chi connectivity index (χ0n) is 8.52. The van der Waals surface area contributed by atoms with E-state index in [9.17, 15) is 0 Å². The van der Waals surface area contributed by atoms with Gasteiger partial charge in [-0.1, -0.05) is 20.3 Å². The number of piperidine rings is 1. The molecule has 1 saturated heterocycles. The SMILES string of the molecule is COCC1(C(C)C)CCCCN1. The van der Waals surface area contributed by atoms with Crippen LogP contribution in [0.5, 0.6) is 0 Å². The van der Waals surface area contributed by atoms with E-state index >= 15 is 0 Å². The summed E-state index contributed by atoms with van der Waals surface area (Å²) in [6, 6.07) is 0. The van der Waals surface area contributed by atoms with Gasteiger partial charge in [-0.15, -0.1) is 0 Å². The van der Waals surface area contributed by atoms with Gasteiger partial charge in [-0.2, -0.15) is 0 Å². The van der Waals surface area contributed by atoms with E-state index < -0.39 is 0 Å². The highest BCUT2D eigenvalue weighted by Crippen LogP contribution is 2.27. The van der Waals surface area contributed by atoms with Crippen LogP contribution < -0.4 is 5.32 Å². The first-order valence-corrected chi connectivity index (χ1v) is 4.95. The van der Waals surface area contributed by atoms with Gasteiger partial charge in [0.25, 0.3) is 0 Å². The summed E-state index contributed by atoms with van der Waals surface area (Å²) in [4.78, 5) is 0. The number of methoxy groups -OCH3 is 1. The molecule has 0 radical (unpaired) electrons. The fourth-order valence-corrected chi connectivity index (χ4v) is 2.03. The molecule has 0 aromatic carbocycles. The Bertz CT molecular complexity index is 122. The molecular formula is C10H21NO. The average molecular weight is 171 g/mol. The molecule has 1 N–H and O–H groups in total. The van der Waals surface area contributed by atoms with Crippen molar-refractivity contribution in [2.45, 2.75) is 38.6 Å². The summed E-state index contributed by atoms with van der Waals surface area (Å²) in [7, 11) is 1.79. The molecule has 0 aromatic rings. The van der Waals surface area contributed by atoms with Gasteiger partial charge in [0.1, 0.15) is 0 Å². The average Bonchev–Trinajstić information content (AvgIpc) is 2.06. The summed E-state index contributed by atoms with van der Waals surface area (Å²) in [5.41, 5.74) is 0.257. The van der Waals surface area contributed by atoms with Gasteiger partial charge in [0.15, 0.2) is 0 Å². The van der Waals surface area contributed by atoms with Crippen molar-refractivity contribution in [3.05, 3.63) is 0 Å². The van der Waals surface area contributed by atoms with Crippen LogP contribution in [-0.2, 0) is 4.74 Å². The van der Waals surface area contributed by atoms with Crippen LogP contribution >= 0.6 is 0 Å². The molecule has 2 nitrogen and oxygen atoms in total. The second-order valence-corrected chi connectivity index (χ2v) is 4.13. The first kappa shape index (κ1) is 10.0. The summed E-state index contributed by atoms with van der Waals surface area (Å²) in [5, 5.41) is 3.61. The fourth-order valence-electron chi connectivity index (χ4n) is 2.03. The maximum Gasteiger partial charge on any atom is 0.0647 e. The molecule has 0 aromatic heterocycles. The third-order valence-electron chi connectivity index (χ3n) is 3.03. The molecule has 1 fully saturated rings. The highest BCUT2D eigenvalue weighted by atomic mass is 16.5. The summed E-state index contributed by atoms with van der Waals surface area (Å²) < 4.78 is 5.28. The molecule has 1 unspecified atom stereocenters. The molecule has 1 rings (SSSR count). The van der Waals surface area contributed by atoms with Crippen LogP contribution in [0.15, 0.2) is 0 Å². The lowest BCUT2D eigenvalue weighted by Crippen LogP contribution is -2.55. The number of hydrogen-bond acceptors (Lipinski definition) is 2. The molecule has 0 spiro atoms. The van der Waals surface area contributed by atoms with Crippen molar-refractivity contribution in [1.29, 1.82) is 0 Å². The molecular weight excluding hydrogens is 150 g/mol. The van der Waals surface area contributed by atoms with Crippen molar-refractivity contribution in [3.8, 4) is 0 Å². The third-order valence-corrected chi connectivity index (χ3v) is 3.03. The summed E-state index contributed by atoms with van der Waals surface area (Å²) >= 11 is 0. The van der Waals surface area contributed by atoms with E-state index in [2.05, 4.69) is 19.2 Å². The zero-order valence-corrected chi connectivity index (χ0v) is 8.52. The Labute approximate surface area is 75.7 Å². The second kappa shape index (κ2) is 4.24. The van der Waals surface area contributed by atoms with E-state index in [-0.39, 0.29) is 5.54 Å². The molecule has 1 aliphatic heterocycles. The minimum Gasteiger partial charge on any atom is -0.383 e. The monoisotopic (exact) mass is 171 g/mol. The van der Waals surface area contributed by atoms with Gasteiger partial charge in [0, 0.05) is 12.6 Å². The van der Waals surface area contributed by atoms with E-state index in [0.29, 0.717) is 5.92 Å². The van der Waals surface area contributed by atoms with Crippen LogP contribution in [-0.4, -0.2) is 25.8 Å². The van der Waals surface area contributed by atoms with Crippen LogP contribution in [0.4, 0.5) is 0 Å². The lowest BCUT2D eigenvalue weighted by molar-refractivity contribution is 0.0587.